The number of aryl methyl sites for hydroxylation is 2. The monoisotopic (exact) mass is 521 g/mol. The lowest BCUT2D eigenvalue weighted by Gasteiger charge is -2.30. The summed E-state index contributed by atoms with van der Waals surface area (Å²) in [5, 5.41) is 9.00. The van der Waals surface area contributed by atoms with Crippen molar-refractivity contribution >= 4 is 32.6 Å². The molecule has 4 aromatic rings. The van der Waals surface area contributed by atoms with Crippen LogP contribution in [0.4, 0.5) is 5.82 Å². The highest BCUT2D eigenvalue weighted by molar-refractivity contribution is 7.91. The van der Waals surface area contributed by atoms with Gasteiger partial charge in [-0.1, -0.05) is 6.07 Å². The maximum atomic E-state index is 12.8. The summed E-state index contributed by atoms with van der Waals surface area (Å²) < 4.78 is 27.1. The second-order valence-electron chi connectivity index (χ2n) is 10.3. The third kappa shape index (κ3) is 3.55. The van der Waals surface area contributed by atoms with Crippen molar-refractivity contribution in [1.29, 1.82) is 0 Å². The maximum absolute atomic E-state index is 12.8. The van der Waals surface area contributed by atoms with Gasteiger partial charge in [-0.25, -0.2) is 18.4 Å². The molecule has 36 heavy (non-hydrogen) atoms. The van der Waals surface area contributed by atoms with Gasteiger partial charge >= 0.3 is 0 Å². The van der Waals surface area contributed by atoms with Gasteiger partial charge in [0.1, 0.15) is 15.7 Å². The molecule has 4 aromatic heterocycles. The zero-order valence-electron chi connectivity index (χ0n) is 19.9. The Morgan fingerprint density at radius 3 is 2.61 bits per heavy atom. The topological polar surface area (TPSA) is 128 Å². The Labute approximate surface area is 213 Å². The van der Waals surface area contributed by atoms with E-state index in [0.29, 0.717) is 23.4 Å². The van der Waals surface area contributed by atoms with E-state index >= 15 is 0 Å². The lowest BCUT2D eigenvalue weighted by molar-refractivity contribution is 0.355. The molecule has 2 fully saturated rings. The summed E-state index contributed by atoms with van der Waals surface area (Å²) in [4.78, 5) is 15.9. The fraction of sp³-hybridized carbons (Fsp3) is 0.440. The first kappa shape index (κ1) is 22.3. The minimum absolute atomic E-state index is 0.0379. The van der Waals surface area contributed by atoms with Gasteiger partial charge in [-0.05, 0) is 51.0 Å². The maximum Gasteiger partial charge on any atom is 0.180 e. The van der Waals surface area contributed by atoms with E-state index in [1.807, 2.05) is 18.3 Å². The highest BCUT2D eigenvalue weighted by atomic mass is 32.2. The molecule has 0 radical (unpaired) electrons. The summed E-state index contributed by atoms with van der Waals surface area (Å²) in [6, 6.07) is 4.77. The SMILES string of the molecule is CS(=O)(=O)c1c([C@@H]2C[C@H]3CC[C@@H](C2)N3)nc2c(-c3ccc(-c4nc5c(s4)CCC5)nc3)cnn2c1N. The number of nitrogen functional groups attached to an aromatic ring is 1. The Hall–Kier alpha value is -2.89. The largest absolute Gasteiger partial charge is 0.382 e. The van der Waals surface area contributed by atoms with E-state index in [0.717, 1.165) is 60.4 Å². The summed E-state index contributed by atoms with van der Waals surface area (Å²) in [7, 11) is -3.60. The highest BCUT2D eigenvalue weighted by Gasteiger charge is 2.38. The normalized spacial score (nSPS) is 23.4. The first-order valence-corrected chi connectivity index (χ1v) is 15.1. The summed E-state index contributed by atoms with van der Waals surface area (Å²) in [5.74, 6) is 0.160. The van der Waals surface area contributed by atoms with E-state index in [-0.39, 0.29) is 16.6 Å². The van der Waals surface area contributed by atoms with Gasteiger partial charge < -0.3 is 11.1 Å². The predicted molar refractivity (Wildman–Crippen MR) is 139 cm³/mol. The fourth-order valence-electron chi connectivity index (χ4n) is 6.14. The van der Waals surface area contributed by atoms with Crippen molar-refractivity contribution in [2.24, 2.45) is 0 Å². The Morgan fingerprint density at radius 1 is 1.11 bits per heavy atom. The average molecular weight is 522 g/mol. The Bertz CT molecular complexity index is 1570. The van der Waals surface area contributed by atoms with Crippen molar-refractivity contribution in [3.05, 3.63) is 40.8 Å². The summed E-state index contributed by atoms with van der Waals surface area (Å²) >= 11 is 1.73. The number of aromatic nitrogens is 5. The molecular formula is C25H27N7O2S2. The molecule has 2 bridgehead atoms. The van der Waals surface area contributed by atoms with Crippen LogP contribution < -0.4 is 11.1 Å². The summed E-state index contributed by atoms with van der Waals surface area (Å²) in [6.07, 6.45) is 12.0. The Balaban J connectivity index is 1.32. The molecule has 0 spiro atoms. The smallest absolute Gasteiger partial charge is 0.180 e. The van der Waals surface area contributed by atoms with Gasteiger partial charge in [-0.15, -0.1) is 11.3 Å². The lowest BCUT2D eigenvalue weighted by Crippen LogP contribution is -2.38. The van der Waals surface area contributed by atoms with Gasteiger partial charge in [0, 0.05) is 46.5 Å². The van der Waals surface area contributed by atoms with Crippen molar-refractivity contribution in [1.82, 2.24) is 29.9 Å². The van der Waals surface area contributed by atoms with Crippen molar-refractivity contribution < 1.29 is 8.42 Å². The number of pyridine rings is 1. The van der Waals surface area contributed by atoms with Gasteiger partial charge in [0.05, 0.1) is 23.3 Å². The second kappa shape index (κ2) is 8.06. The number of hydrogen-bond donors (Lipinski definition) is 2. The van der Waals surface area contributed by atoms with Crippen molar-refractivity contribution in [3.8, 4) is 21.8 Å². The van der Waals surface area contributed by atoms with Crippen LogP contribution in [0.2, 0.25) is 0 Å². The molecule has 2 saturated heterocycles. The van der Waals surface area contributed by atoms with Crippen LogP contribution in [0.3, 0.4) is 0 Å². The molecule has 1 aliphatic carbocycles. The number of hydrogen-bond acceptors (Lipinski definition) is 9. The fourth-order valence-corrected chi connectivity index (χ4v) is 8.32. The van der Waals surface area contributed by atoms with Gasteiger partial charge in [-0.2, -0.15) is 9.61 Å². The molecule has 0 amide bonds. The average Bonchev–Trinajstić information content (AvgIpc) is 3.61. The molecule has 7 rings (SSSR count). The van der Waals surface area contributed by atoms with E-state index < -0.39 is 9.84 Å². The number of anilines is 1. The summed E-state index contributed by atoms with van der Waals surface area (Å²) in [6.45, 7) is 0. The van der Waals surface area contributed by atoms with E-state index in [9.17, 15) is 8.42 Å². The number of thiazole rings is 1. The van der Waals surface area contributed by atoms with Crippen molar-refractivity contribution in [3.63, 3.8) is 0 Å². The number of fused-ring (bicyclic) bond motifs is 4. The number of nitrogens with one attached hydrogen (secondary N) is 1. The van der Waals surface area contributed by atoms with Crippen LogP contribution in [-0.2, 0) is 22.7 Å². The molecule has 0 saturated carbocycles. The van der Waals surface area contributed by atoms with Gasteiger partial charge in [0.25, 0.3) is 0 Å². The molecule has 6 heterocycles. The molecule has 9 nitrogen and oxygen atoms in total. The number of nitrogens with zero attached hydrogens (tertiary/aromatic N) is 5. The number of piperidine rings is 1. The van der Waals surface area contributed by atoms with Gasteiger partial charge in [0.2, 0.25) is 0 Å². The minimum Gasteiger partial charge on any atom is -0.382 e. The molecule has 3 aliphatic rings. The van der Waals surface area contributed by atoms with Gasteiger partial charge in [0.15, 0.2) is 15.5 Å². The van der Waals surface area contributed by atoms with E-state index in [1.165, 1.54) is 27.8 Å². The number of rotatable bonds is 4. The van der Waals surface area contributed by atoms with Crippen LogP contribution in [0.1, 0.15) is 54.3 Å². The Morgan fingerprint density at radius 2 is 1.92 bits per heavy atom. The molecule has 2 aliphatic heterocycles. The molecule has 186 valence electrons. The van der Waals surface area contributed by atoms with Crippen molar-refractivity contribution in [2.45, 2.75) is 67.8 Å². The van der Waals surface area contributed by atoms with Crippen LogP contribution in [0, 0.1) is 0 Å². The van der Waals surface area contributed by atoms with E-state index in [1.54, 1.807) is 17.5 Å². The van der Waals surface area contributed by atoms with Crippen LogP contribution in [0.25, 0.3) is 27.5 Å². The van der Waals surface area contributed by atoms with Crippen LogP contribution in [0.5, 0.6) is 0 Å². The predicted octanol–water partition coefficient (Wildman–Crippen LogP) is 3.39. The zero-order valence-corrected chi connectivity index (χ0v) is 21.6. The molecule has 11 heteroatoms. The third-order valence-electron chi connectivity index (χ3n) is 7.78. The number of sulfone groups is 1. The van der Waals surface area contributed by atoms with Crippen molar-refractivity contribution in [2.75, 3.05) is 12.0 Å². The summed E-state index contributed by atoms with van der Waals surface area (Å²) in [5.41, 5.74) is 11.3. The van der Waals surface area contributed by atoms with Crippen LogP contribution in [0.15, 0.2) is 29.4 Å². The number of nitrogens with two attached hydrogens (primary N) is 1. The molecule has 0 aromatic carbocycles. The third-order valence-corrected chi connectivity index (χ3v) is 10.1. The van der Waals surface area contributed by atoms with E-state index in [4.69, 9.17) is 20.7 Å². The quantitative estimate of drug-likeness (QED) is 0.418. The first-order valence-electron chi connectivity index (χ1n) is 12.4. The van der Waals surface area contributed by atoms with E-state index in [2.05, 4.69) is 10.4 Å². The van der Waals surface area contributed by atoms with Crippen LogP contribution >= 0.6 is 11.3 Å². The molecule has 3 atom stereocenters. The van der Waals surface area contributed by atoms with Crippen LogP contribution in [-0.4, -0.2) is 51.3 Å². The highest BCUT2D eigenvalue weighted by Crippen LogP contribution is 2.41. The zero-order chi connectivity index (χ0) is 24.6. The lowest BCUT2D eigenvalue weighted by atomic mass is 9.89. The Kier molecular flexibility index (Phi) is 4.99. The standard InChI is InChI=1S/C25H27N7O2S2/c1-36(33,34)22-21(14-9-15-6-7-16(10-14)29-15)31-24-17(12-28-32(24)23(22)26)13-5-8-19(27-11-13)25-30-18-3-2-4-20(18)35-25/h5,8,11-12,14-16,29H,2-4,6-7,9-10,26H2,1H3/t14-,15-,16+. The molecular weight excluding hydrogens is 494 g/mol. The van der Waals surface area contributed by atoms with Gasteiger partial charge in [-0.3, -0.25) is 4.98 Å². The first-order chi connectivity index (χ1) is 17.3. The minimum atomic E-state index is -3.60. The molecule has 3 N–H and O–H groups in total. The second-order valence-corrected chi connectivity index (χ2v) is 13.3. The molecule has 0 unspecified atom stereocenters.